The van der Waals surface area contributed by atoms with Crippen LogP contribution < -0.4 is 5.32 Å². The number of phenolic OH excluding ortho intramolecular Hbond substituents is 1. The number of phenols is 1. The largest absolute Gasteiger partial charge is 0.508 e. The number of piperazine rings is 1. The van der Waals surface area contributed by atoms with Crippen molar-refractivity contribution in [2.45, 2.75) is 0 Å². The molecule has 5 heteroatoms. The van der Waals surface area contributed by atoms with Crippen LogP contribution in [-0.4, -0.2) is 47.1 Å². The van der Waals surface area contributed by atoms with E-state index in [9.17, 15) is 9.90 Å². The zero-order valence-electron chi connectivity index (χ0n) is 9.94. The fraction of sp³-hybridized carbons (Fsp3) is 0.308. The average molecular weight is 245 g/mol. The summed E-state index contributed by atoms with van der Waals surface area (Å²) in [6.45, 7) is 3.15. The fourth-order valence-electron chi connectivity index (χ4n) is 2.27. The number of H-pyrrole nitrogens is 1. The molecule has 2 heterocycles. The zero-order valence-corrected chi connectivity index (χ0v) is 9.94. The van der Waals surface area contributed by atoms with Crippen molar-refractivity contribution in [2.75, 3.05) is 26.2 Å². The van der Waals surface area contributed by atoms with Crippen LogP contribution in [0.15, 0.2) is 24.3 Å². The van der Waals surface area contributed by atoms with Gasteiger partial charge in [-0.25, -0.2) is 0 Å². The lowest BCUT2D eigenvalue weighted by Crippen LogP contribution is -2.46. The third-order valence-electron chi connectivity index (χ3n) is 3.24. The number of rotatable bonds is 1. The molecule has 1 fully saturated rings. The predicted molar refractivity (Wildman–Crippen MR) is 68.7 cm³/mol. The highest BCUT2D eigenvalue weighted by atomic mass is 16.3. The van der Waals surface area contributed by atoms with Gasteiger partial charge in [0, 0.05) is 37.1 Å². The van der Waals surface area contributed by atoms with E-state index in [0.29, 0.717) is 5.69 Å². The number of aromatic nitrogens is 1. The van der Waals surface area contributed by atoms with Crippen molar-refractivity contribution in [2.24, 2.45) is 0 Å². The maximum atomic E-state index is 12.3. The van der Waals surface area contributed by atoms with Crippen LogP contribution in [0.5, 0.6) is 5.75 Å². The van der Waals surface area contributed by atoms with Gasteiger partial charge in [-0.05, 0) is 24.3 Å². The Morgan fingerprint density at radius 3 is 2.78 bits per heavy atom. The minimum atomic E-state index is 0.0205. The first-order valence-electron chi connectivity index (χ1n) is 6.06. The molecule has 0 radical (unpaired) electrons. The van der Waals surface area contributed by atoms with Gasteiger partial charge in [-0.2, -0.15) is 0 Å². The number of aromatic hydroxyl groups is 1. The first-order valence-corrected chi connectivity index (χ1v) is 6.06. The Hall–Kier alpha value is -2.01. The van der Waals surface area contributed by atoms with Crippen LogP contribution in [0, 0.1) is 0 Å². The summed E-state index contributed by atoms with van der Waals surface area (Å²) in [7, 11) is 0. The topological polar surface area (TPSA) is 68.4 Å². The summed E-state index contributed by atoms with van der Waals surface area (Å²) < 4.78 is 0. The zero-order chi connectivity index (χ0) is 12.5. The number of hydrogen-bond acceptors (Lipinski definition) is 3. The van der Waals surface area contributed by atoms with Gasteiger partial charge in [-0.3, -0.25) is 4.79 Å². The maximum absolute atomic E-state index is 12.3. The smallest absolute Gasteiger partial charge is 0.270 e. The van der Waals surface area contributed by atoms with E-state index in [1.807, 2.05) is 4.90 Å². The van der Waals surface area contributed by atoms with E-state index >= 15 is 0 Å². The Bertz CT molecular complexity index is 585. The molecule has 0 spiro atoms. The Balaban J connectivity index is 1.91. The van der Waals surface area contributed by atoms with Crippen LogP contribution in [-0.2, 0) is 0 Å². The Kier molecular flexibility index (Phi) is 2.68. The molecular weight excluding hydrogens is 230 g/mol. The van der Waals surface area contributed by atoms with Gasteiger partial charge in [0.05, 0.1) is 0 Å². The molecule has 0 aliphatic carbocycles. The second-order valence-electron chi connectivity index (χ2n) is 4.50. The molecule has 0 unspecified atom stereocenters. The van der Waals surface area contributed by atoms with Crippen LogP contribution in [0.1, 0.15) is 10.5 Å². The van der Waals surface area contributed by atoms with Crippen LogP contribution in [0.4, 0.5) is 0 Å². The second kappa shape index (κ2) is 4.34. The van der Waals surface area contributed by atoms with Gasteiger partial charge in [-0.1, -0.05) is 0 Å². The summed E-state index contributed by atoms with van der Waals surface area (Å²) >= 11 is 0. The third kappa shape index (κ3) is 1.93. The highest BCUT2D eigenvalue weighted by Gasteiger charge is 2.19. The molecule has 1 aliphatic heterocycles. The minimum absolute atomic E-state index is 0.0205. The van der Waals surface area contributed by atoms with Crippen molar-refractivity contribution in [3.05, 3.63) is 30.0 Å². The van der Waals surface area contributed by atoms with Gasteiger partial charge < -0.3 is 20.3 Å². The Morgan fingerprint density at radius 2 is 2.00 bits per heavy atom. The number of amides is 1. The summed E-state index contributed by atoms with van der Waals surface area (Å²) in [6, 6.07) is 6.83. The maximum Gasteiger partial charge on any atom is 0.270 e. The van der Waals surface area contributed by atoms with Gasteiger partial charge in [0.25, 0.3) is 5.91 Å². The SMILES string of the molecule is O=C(c1cc2cc(O)ccc2[nH]1)N1CCNCC1. The van der Waals surface area contributed by atoms with Crippen LogP contribution >= 0.6 is 0 Å². The molecule has 0 atom stereocenters. The molecule has 3 rings (SSSR count). The molecular formula is C13H15N3O2. The van der Waals surface area contributed by atoms with E-state index in [4.69, 9.17) is 0 Å². The van der Waals surface area contributed by atoms with Crippen LogP contribution in [0.25, 0.3) is 10.9 Å². The molecule has 1 aromatic heterocycles. The summed E-state index contributed by atoms with van der Waals surface area (Å²) in [6.07, 6.45) is 0. The summed E-state index contributed by atoms with van der Waals surface area (Å²) in [5.74, 6) is 0.231. The number of aromatic amines is 1. The lowest BCUT2D eigenvalue weighted by molar-refractivity contribution is 0.0731. The van der Waals surface area contributed by atoms with Crippen LogP contribution in [0.2, 0.25) is 0 Å². The quantitative estimate of drug-likeness (QED) is 0.699. The molecule has 0 saturated carbocycles. The summed E-state index contributed by atoms with van der Waals surface area (Å²) in [4.78, 5) is 17.2. The number of fused-ring (bicyclic) bond motifs is 1. The lowest BCUT2D eigenvalue weighted by Gasteiger charge is -2.26. The van der Waals surface area contributed by atoms with Crippen LogP contribution in [0.3, 0.4) is 0 Å². The highest BCUT2D eigenvalue weighted by Crippen LogP contribution is 2.21. The molecule has 1 aromatic carbocycles. The average Bonchev–Trinajstić information content (AvgIpc) is 2.81. The molecule has 1 amide bonds. The second-order valence-corrected chi connectivity index (χ2v) is 4.50. The van der Waals surface area contributed by atoms with E-state index < -0.39 is 0 Å². The molecule has 0 bridgehead atoms. The van der Waals surface area contributed by atoms with E-state index in [-0.39, 0.29) is 11.7 Å². The molecule has 1 aliphatic rings. The molecule has 1 saturated heterocycles. The van der Waals surface area contributed by atoms with E-state index in [1.165, 1.54) is 0 Å². The summed E-state index contributed by atoms with van der Waals surface area (Å²) in [5, 5.41) is 13.5. The van der Waals surface area contributed by atoms with Crippen molar-refractivity contribution < 1.29 is 9.90 Å². The fourth-order valence-corrected chi connectivity index (χ4v) is 2.27. The van der Waals surface area contributed by atoms with Crippen molar-refractivity contribution in [1.29, 1.82) is 0 Å². The van der Waals surface area contributed by atoms with Gasteiger partial charge in [0.1, 0.15) is 11.4 Å². The first kappa shape index (κ1) is 11.1. The summed E-state index contributed by atoms with van der Waals surface area (Å²) in [5.41, 5.74) is 1.45. The molecule has 5 nitrogen and oxygen atoms in total. The normalized spacial score (nSPS) is 16.1. The third-order valence-corrected chi connectivity index (χ3v) is 3.24. The van der Waals surface area contributed by atoms with E-state index in [1.54, 1.807) is 24.3 Å². The first-order chi connectivity index (χ1) is 8.74. The van der Waals surface area contributed by atoms with Crippen molar-refractivity contribution >= 4 is 16.8 Å². The number of nitrogens with one attached hydrogen (secondary N) is 2. The number of hydrogen-bond donors (Lipinski definition) is 3. The van der Waals surface area contributed by atoms with Gasteiger partial charge in [-0.15, -0.1) is 0 Å². The lowest BCUT2D eigenvalue weighted by atomic mass is 10.2. The van der Waals surface area contributed by atoms with Crippen molar-refractivity contribution in [1.82, 2.24) is 15.2 Å². The van der Waals surface area contributed by atoms with Crippen molar-refractivity contribution in [3.8, 4) is 5.75 Å². The minimum Gasteiger partial charge on any atom is -0.508 e. The number of nitrogens with zero attached hydrogens (tertiary/aromatic N) is 1. The van der Waals surface area contributed by atoms with Gasteiger partial charge in [0.15, 0.2) is 0 Å². The number of carbonyl (C=O) groups is 1. The molecule has 3 N–H and O–H groups in total. The monoisotopic (exact) mass is 245 g/mol. The predicted octanol–water partition coefficient (Wildman–Crippen LogP) is 0.919. The molecule has 2 aromatic rings. The number of benzene rings is 1. The Labute approximate surface area is 104 Å². The number of carbonyl (C=O) groups excluding carboxylic acids is 1. The molecule has 94 valence electrons. The standard InChI is InChI=1S/C13H15N3O2/c17-10-1-2-11-9(7-10)8-12(15-11)13(18)16-5-3-14-4-6-16/h1-2,7-8,14-15,17H,3-6H2. The van der Waals surface area contributed by atoms with Gasteiger partial charge >= 0.3 is 0 Å². The van der Waals surface area contributed by atoms with E-state index in [0.717, 1.165) is 37.1 Å². The Morgan fingerprint density at radius 1 is 1.22 bits per heavy atom. The van der Waals surface area contributed by atoms with E-state index in [2.05, 4.69) is 10.3 Å². The van der Waals surface area contributed by atoms with Crippen molar-refractivity contribution in [3.63, 3.8) is 0 Å². The molecule has 18 heavy (non-hydrogen) atoms. The highest BCUT2D eigenvalue weighted by molar-refractivity contribution is 5.98. The van der Waals surface area contributed by atoms with Gasteiger partial charge in [0.2, 0.25) is 0 Å².